The molecule has 1 aliphatic heterocycles. The number of nitrogens with zero attached hydrogens (tertiary/aromatic N) is 1. The van der Waals surface area contributed by atoms with Crippen molar-refractivity contribution in [2.45, 2.75) is 23.8 Å². The highest BCUT2D eigenvalue weighted by atomic mass is 32.2. The highest BCUT2D eigenvalue weighted by Crippen LogP contribution is 2.37. The zero-order valence-electron chi connectivity index (χ0n) is 17.0. The second-order valence-electron chi connectivity index (χ2n) is 7.62. The fourth-order valence-corrected chi connectivity index (χ4v) is 5.42. The van der Waals surface area contributed by atoms with Gasteiger partial charge in [0.25, 0.3) is 0 Å². The van der Waals surface area contributed by atoms with Gasteiger partial charge >= 0.3 is 0 Å². The van der Waals surface area contributed by atoms with E-state index in [1.165, 1.54) is 28.1 Å². The average molecular weight is 456 g/mol. The zero-order valence-corrected chi connectivity index (χ0v) is 18.7. The number of thiophene rings is 1. The van der Waals surface area contributed by atoms with Gasteiger partial charge in [0.05, 0.1) is 17.5 Å². The fraction of sp³-hybridized carbons (Fsp3) is 0.261. The first kappa shape index (κ1) is 21.7. The van der Waals surface area contributed by atoms with Crippen LogP contribution >= 0.6 is 11.3 Å². The first-order chi connectivity index (χ1) is 14.9. The molecule has 1 atom stereocenters. The maximum absolute atomic E-state index is 12.7. The normalized spacial score (nSPS) is 16.6. The highest BCUT2D eigenvalue weighted by Gasteiger charge is 2.30. The summed E-state index contributed by atoms with van der Waals surface area (Å²) in [7, 11) is -3.69. The van der Waals surface area contributed by atoms with Crippen molar-refractivity contribution in [3.05, 3.63) is 87.6 Å². The molecule has 3 N–H and O–H groups in total. The Balaban J connectivity index is 1.36. The summed E-state index contributed by atoms with van der Waals surface area (Å²) in [5, 5.41) is 10.2. The second-order valence-corrected chi connectivity index (χ2v) is 10.2. The van der Waals surface area contributed by atoms with Crippen LogP contribution in [0.2, 0.25) is 0 Å². The third-order valence-corrected chi connectivity index (χ3v) is 7.44. The minimum atomic E-state index is -3.69. The number of nitrogens with two attached hydrogens (primary N) is 1. The molecule has 0 bridgehead atoms. The molecule has 2 aromatic carbocycles. The lowest BCUT2D eigenvalue weighted by atomic mass is 9.93. The lowest BCUT2D eigenvalue weighted by molar-refractivity contribution is -0.122. The number of benzene rings is 2. The fourth-order valence-electron chi connectivity index (χ4n) is 4.00. The smallest absolute Gasteiger partial charge is 0.238 e. The van der Waals surface area contributed by atoms with Crippen molar-refractivity contribution in [1.29, 1.82) is 0 Å². The van der Waals surface area contributed by atoms with Gasteiger partial charge in [0.2, 0.25) is 15.9 Å². The number of hydrogen-bond donors (Lipinski definition) is 2. The Morgan fingerprint density at radius 2 is 1.84 bits per heavy atom. The Morgan fingerprint density at radius 1 is 1.10 bits per heavy atom. The molecule has 0 saturated carbocycles. The number of carbonyl (C=O) groups is 1. The molecule has 0 spiro atoms. The molecule has 3 aromatic rings. The van der Waals surface area contributed by atoms with E-state index in [4.69, 9.17) is 5.14 Å². The van der Waals surface area contributed by atoms with Crippen LogP contribution in [-0.2, 0) is 27.7 Å². The number of carbonyl (C=O) groups excluding carboxylic acids is 1. The molecule has 0 radical (unpaired) electrons. The van der Waals surface area contributed by atoms with Crippen molar-refractivity contribution in [2.24, 2.45) is 5.14 Å². The molecule has 4 rings (SSSR count). The molecule has 1 aliphatic rings. The Bertz CT molecular complexity index is 1140. The SMILES string of the molecule is NS(=O)(=O)c1ccc(CCNC(=O)CN2CCc3sccc3[C@@H]2c2ccccc2)cc1. The van der Waals surface area contributed by atoms with E-state index in [1.807, 2.05) is 18.2 Å². The summed E-state index contributed by atoms with van der Waals surface area (Å²) in [5.74, 6) is -0.0132. The van der Waals surface area contributed by atoms with Crippen LogP contribution in [0.5, 0.6) is 0 Å². The van der Waals surface area contributed by atoms with Crippen molar-refractivity contribution in [3.8, 4) is 0 Å². The minimum Gasteiger partial charge on any atom is -0.355 e. The van der Waals surface area contributed by atoms with Crippen LogP contribution in [0.4, 0.5) is 0 Å². The van der Waals surface area contributed by atoms with Gasteiger partial charge in [-0.05, 0) is 53.1 Å². The number of nitrogens with one attached hydrogen (secondary N) is 1. The number of hydrogen-bond acceptors (Lipinski definition) is 5. The van der Waals surface area contributed by atoms with Gasteiger partial charge in [-0.2, -0.15) is 0 Å². The first-order valence-electron chi connectivity index (χ1n) is 10.2. The van der Waals surface area contributed by atoms with E-state index in [9.17, 15) is 13.2 Å². The standard InChI is InChI=1S/C23H25N3O3S2/c24-31(28,29)19-8-6-17(7-9-19)10-13-25-22(27)16-26-14-11-21-20(12-15-30-21)23(26)18-4-2-1-3-5-18/h1-9,12,15,23H,10-11,13-14,16H2,(H,25,27)(H2,24,28,29)/t23-/m0/s1. The van der Waals surface area contributed by atoms with Crippen molar-refractivity contribution in [3.63, 3.8) is 0 Å². The number of primary sulfonamides is 1. The van der Waals surface area contributed by atoms with Crippen LogP contribution in [0.1, 0.15) is 27.6 Å². The van der Waals surface area contributed by atoms with E-state index in [0.717, 1.165) is 18.5 Å². The van der Waals surface area contributed by atoms with E-state index >= 15 is 0 Å². The monoisotopic (exact) mass is 455 g/mol. The van der Waals surface area contributed by atoms with E-state index < -0.39 is 10.0 Å². The molecule has 1 aromatic heterocycles. The average Bonchev–Trinajstić information content (AvgIpc) is 3.23. The Kier molecular flexibility index (Phi) is 6.52. The van der Waals surface area contributed by atoms with E-state index in [-0.39, 0.29) is 16.8 Å². The summed E-state index contributed by atoms with van der Waals surface area (Å²) in [4.78, 5) is 16.4. The van der Waals surface area contributed by atoms with Gasteiger partial charge in [-0.1, -0.05) is 42.5 Å². The third-order valence-electron chi connectivity index (χ3n) is 5.52. The van der Waals surface area contributed by atoms with Crippen LogP contribution < -0.4 is 10.5 Å². The van der Waals surface area contributed by atoms with Crippen molar-refractivity contribution < 1.29 is 13.2 Å². The van der Waals surface area contributed by atoms with Crippen LogP contribution in [0.15, 0.2) is 70.9 Å². The summed E-state index contributed by atoms with van der Waals surface area (Å²) >= 11 is 1.79. The van der Waals surface area contributed by atoms with E-state index in [2.05, 4.69) is 33.8 Å². The lowest BCUT2D eigenvalue weighted by Crippen LogP contribution is -2.43. The second kappa shape index (κ2) is 9.32. The summed E-state index contributed by atoms with van der Waals surface area (Å²) in [6, 6.07) is 19.0. The molecule has 2 heterocycles. The van der Waals surface area contributed by atoms with Gasteiger partial charge in [0.1, 0.15) is 0 Å². The van der Waals surface area contributed by atoms with Gasteiger partial charge < -0.3 is 5.32 Å². The number of fused-ring (bicyclic) bond motifs is 1. The minimum absolute atomic E-state index is 0.0132. The van der Waals surface area contributed by atoms with Crippen LogP contribution in [-0.4, -0.2) is 38.9 Å². The Hall–Kier alpha value is -2.52. The van der Waals surface area contributed by atoms with Crippen LogP contribution in [0.3, 0.4) is 0 Å². The summed E-state index contributed by atoms with van der Waals surface area (Å²) < 4.78 is 22.7. The highest BCUT2D eigenvalue weighted by molar-refractivity contribution is 7.89. The van der Waals surface area contributed by atoms with Crippen LogP contribution in [0, 0.1) is 0 Å². The summed E-state index contributed by atoms with van der Waals surface area (Å²) in [5.41, 5.74) is 3.44. The van der Waals surface area contributed by atoms with Crippen LogP contribution in [0.25, 0.3) is 0 Å². The van der Waals surface area contributed by atoms with E-state index in [0.29, 0.717) is 19.5 Å². The Labute approximate surface area is 186 Å². The van der Waals surface area contributed by atoms with Gasteiger partial charge in [0.15, 0.2) is 0 Å². The maximum Gasteiger partial charge on any atom is 0.238 e. The predicted molar refractivity (Wildman–Crippen MR) is 122 cm³/mol. The molecule has 8 heteroatoms. The van der Waals surface area contributed by atoms with Gasteiger partial charge in [-0.3, -0.25) is 9.69 Å². The topological polar surface area (TPSA) is 92.5 Å². The molecular formula is C23H25N3O3S2. The number of amides is 1. The van der Waals surface area contributed by atoms with Crippen molar-refractivity contribution in [1.82, 2.24) is 10.2 Å². The van der Waals surface area contributed by atoms with Crippen molar-refractivity contribution in [2.75, 3.05) is 19.6 Å². The molecule has 6 nitrogen and oxygen atoms in total. The first-order valence-corrected chi connectivity index (χ1v) is 12.6. The van der Waals surface area contributed by atoms with Crippen molar-refractivity contribution >= 4 is 27.3 Å². The predicted octanol–water partition coefficient (Wildman–Crippen LogP) is 2.70. The maximum atomic E-state index is 12.7. The molecule has 0 fully saturated rings. The largest absolute Gasteiger partial charge is 0.355 e. The molecule has 1 amide bonds. The summed E-state index contributed by atoms with van der Waals surface area (Å²) in [6.45, 7) is 1.66. The lowest BCUT2D eigenvalue weighted by Gasteiger charge is -2.35. The molecular weight excluding hydrogens is 430 g/mol. The molecule has 162 valence electrons. The quantitative estimate of drug-likeness (QED) is 0.573. The molecule has 0 saturated heterocycles. The van der Waals surface area contributed by atoms with E-state index in [1.54, 1.807) is 23.5 Å². The number of sulfonamides is 1. The Morgan fingerprint density at radius 3 is 2.55 bits per heavy atom. The van der Waals surface area contributed by atoms with Gasteiger partial charge in [-0.15, -0.1) is 11.3 Å². The summed E-state index contributed by atoms with van der Waals surface area (Å²) in [6.07, 6.45) is 1.58. The van der Waals surface area contributed by atoms with Gasteiger partial charge in [-0.25, -0.2) is 13.6 Å². The zero-order chi connectivity index (χ0) is 21.8. The molecule has 31 heavy (non-hydrogen) atoms. The third kappa shape index (κ3) is 5.22. The molecule has 0 aliphatic carbocycles. The number of rotatable bonds is 7. The molecule has 0 unspecified atom stereocenters. The van der Waals surface area contributed by atoms with Gasteiger partial charge in [0, 0.05) is 18.0 Å².